The van der Waals surface area contributed by atoms with E-state index in [0.29, 0.717) is 43.6 Å². The third kappa shape index (κ3) is 7.30. The van der Waals surface area contributed by atoms with E-state index in [0.717, 1.165) is 12.0 Å². The third-order valence-corrected chi connectivity index (χ3v) is 7.17. The fourth-order valence-corrected chi connectivity index (χ4v) is 5.66. The standard InChI is InChI=1S/C24H29F4NO5S/c1-23(2,3)34-22(30)14-33-21-10-6-8-18-19(21)7-4-5-9-20(18)29-35(31,32)17-12-15(24(26,27)28)11-16(25)13-17/h6,10-13,18,20,29H,4-5,7-9,14H2,1-3H3. The van der Waals surface area contributed by atoms with Crippen molar-refractivity contribution in [2.45, 2.75) is 75.6 Å². The normalized spacial score (nSPS) is 21.3. The van der Waals surface area contributed by atoms with Crippen LogP contribution in [-0.2, 0) is 30.5 Å². The number of fused-ring (bicyclic) bond motifs is 1. The predicted octanol–water partition coefficient (Wildman–Crippen LogP) is 5.25. The molecule has 1 aromatic rings. The van der Waals surface area contributed by atoms with Crippen LogP contribution in [-0.4, -0.2) is 32.6 Å². The number of halogens is 4. The Hall–Kier alpha value is -2.40. The van der Waals surface area contributed by atoms with Gasteiger partial charge in [-0.3, -0.25) is 0 Å². The van der Waals surface area contributed by atoms with Gasteiger partial charge in [-0.2, -0.15) is 13.2 Å². The lowest BCUT2D eigenvalue weighted by atomic mass is 9.84. The van der Waals surface area contributed by atoms with Crippen LogP contribution >= 0.6 is 0 Å². The van der Waals surface area contributed by atoms with Crippen LogP contribution in [0.4, 0.5) is 17.6 Å². The molecule has 2 aliphatic carbocycles. The molecule has 0 aromatic heterocycles. The molecule has 2 unspecified atom stereocenters. The first-order valence-electron chi connectivity index (χ1n) is 11.3. The molecule has 0 heterocycles. The van der Waals surface area contributed by atoms with Crippen LogP contribution in [0.1, 0.15) is 58.4 Å². The maximum absolute atomic E-state index is 13.8. The van der Waals surface area contributed by atoms with Crippen molar-refractivity contribution >= 4 is 16.0 Å². The molecule has 3 rings (SSSR count). The first-order valence-corrected chi connectivity index (χ1v) is 12.8. The topological polar surface area (TPSA) is 81.7 Å². The van der Waals surface area contributed by atoms with Gasteiger partial charge < -0.3 is 9.47 Å². The average molecular weight is 520 g/mol. The number of carbonyl (C=O) groups is 1. The number of hydrogen-bond acceptors (Lipinski definition) is 5. The maximum atomic E-state index is 13.8. The fraction of sp³-hybridized carbons (Fsp3) is 0.542. The van der Waals surface area contributed by atoms with Crippen molar-refractivity contribution in [3.63, 3.8) is 0 Å². The number of ether oxygens (including phenoxy) is 2. The lowest BCUT2D eigenvalue weighted by Gasteiger charge is -2.30. The molecule has 2 aliphatic rings. The molecule has 6 nitrogen and oxygen atoms in total. The number of carbonyl (C=O) groups excluding carboxylic acids is 1. The largest absolute Gasteiger partial charge is 0.482 e. The van der Waals surface area contributed by atoms with Gasteiger partial charge in [0.1, 0.15) is 17.2 Å². The fourth-order valence-electron chi connectivity index (χ4n) is 4.29. The summed E-state index contributed by atoms with van der Waals surface area (Å²) in [7, 11) is -4.45. The van der Waals surface area contributed by atoms with E-state index in [2.05, 4.69) is 4.72 Å². The lowest BCUT2D eigenvalue weighted by Crippen LogP contribution is -2.41. The quantitative estimate of drug-likeness (QED) is 0.410. The molecule has 1 N–H and O–H groups in total. The van der Waals surface area contributed by atoms with Gasteiger partial charge in [0.05, 0.1) is 10.5 Å². The Morgan fingerprint density at radius 3 is 2.51 bits per heavy atom. The van der Waals surface area contributed by atoms with Gasteiger partial charge in [-0.15, -0.1) is 0 Å². The molecule has 0 radical (unpaired) electrons. The zero-order chi connectivity index (χ0) is 26.0. The van der Waals surface area contributed by atoms with Gasteiger partial charge in [-0.1, -0.05) is 12.5 Å². The summed E-state index contributed by atoms with van der Waals surface area (Å²) in [5.74, 6) is -1.69. The number of esters is 1. The molecule has 2 atom stereocenters. The first kappa shape index (κ1) is 27.2. The van der Waals surface area contributed by atoms with Gasteiger partial charge in [0, 0.05) is 12.0 Å². The van der Waals surface area contributed by atoms with E-state index < -0.39 is 50.1 Å². The Balaban J connectivity index is 1.83. The van der Waals surface area contributed by atoms with E-state index in [9.17, 15) is 30.8 Å². The van der Waals surface area contributed by atoms with Crippen LogP contribution in [0.15, 0.2) is 46.6 Å². The van der Waals surface area contributed by atoms with E-state index in [1.807, 2.05) is 0 Å². The van der Waals surface area contributed by atoms with E-state index in [1.54, 1.807) is 32.9 Å². The molecule has 35 heavy (non-hydrogen) atoms. The predicted molar refractivity (Wildman–Crippen MR) is 120 cm³/mol. The summed E-state index contributed by atoms with van der Waals surface area (Å²) in [6, 6.07) is 0.613. The van der Waals surface area contributed by atoms with Gasteiger partial charge in [0.25, 0.3) is 0 Å². The number of alkyl halides is 3. The monoisotopic (exact) mass is 519 g/mol. The molecule has 0 amide bonds. The SMILES string of the molecule is CC(C)(C)OC(=O)COC1=C2CCCCC(NS(=O)(=O)c3cc(F)cc(C(F)(F)F)c3)C2CC=C1. The van der Waals surface area contributed by atoms with E-state index >= 15 is 0 Å². The summed E-state index contributed by atoms with van der Waals surface area (Å²) in [4.78, 5) is 11.3. The van der Waals surface area contributed by atoms with Gasteiger partial charge in [0.15, 0.2) is 6.61 Å². The minimum atomic E-state index is -4.89. The Morgan fingerprint density at radius 1 is 1.14 bits per heavy atom. The summed E-state index contributed by atoms with van der Waals surface area (Å²) in [6.45, 7) is 4.90. The molecular formula is C24H29F4NO5S. The minimum Gasteiger partial charge on any atom is -0.482 e. The number of rotatable bonds is 6. The lowest BCUT2D eigenvalue weighted by molar-refractivity contribution is -0.158. The molecule has 0 bridgehead atoms. The van der Waals surface area contributed by atoms with E-state index in [1.165, 1.54) is 0 Å². The Kier molecular flexibility index (Phi) is 8.00. The molecular weight excluding hydrogens is 490 g/mol. The van der Waals surface area contributed by atoms with Crippen molar-refractivity contribution in [3.8, 4) is 0 Å². The summed E-state index contributed by atoms with van der Waals surface area (Å²) < 4.78 is 92.5. The Labute approximate surface area is 202 Å². The number of allylic oxidation sites excluding steroid dienone is 2. The van der Waals surface area contributed by atoms with Crippen LogP contribution in [0, 0.1) is 11.7 Å². The number of hydrogen-bond donors (Lipinski definition) is 1. The number of sulfonamides is 1. The number of nitrogens with one attached hydrogen (secondary N) is 1. The zero-order valence-electron chi connectivity index (χ0n) is 19.7. The third-order valence-electron chi connectivity index (χ3n) is 5.70. The molecule has 0 spiro atoms. The molecule has 1 aromatic carbocycles. The summed E-state index contributed by atoms with van der Waals surface area (Å²) in [5.41, 5.74) is -1.22. The summed E-state index contributed by atoms with van der Waals surface area (Å²) >= 11 is 0. The van der Waals surface area contributed by atoms with Crippen molar-refractivity contribution in [1.29, 1.82) is 0 Å². The van der Waals surface area contributed by atoms with Crippen molar-refractivity contribution in [2.75, 3.05) is 6.61 Å². The molecule has 194 valence electrons. The van der Waals surface area contributed by atoms with Crippen LogP contribution < -0.4 is 4.72 Å². The second kappa shape index (κ2) is 10.3. The Morgan fingerprint density at radius 2 is 1.86 bits per heavy atom. The van der Waals surface area contributed by atoms with Crippen LogP contribution in [0.5, 0.6) is 0 Å². The molecule has 11 heteroatoms. The Bertz CT molecular complexity index is 1120. The molecule has 1 saturated carbocycles. The van der Waals surface area contributed by atoms with Gasteiger partial charge in [-0.25, -0.2) is 22.3 Å². The van der Waals surface area contributed by atoms with Gasteiger partial charge in [-0.05, 0) is 76.3 Å². The van der Waals surface area contributed by atoms with Crippen molar-refractivity contribution in [3.05, 3.63) is 53.1 Å². The van der Waals surface area contributed by atoms with E-state index in [-0.39, 0.29) is 18.6 Å². The van der Waals surface area contributed by atoms with Crippen molar-refractivity contribution in [1.82, 2.24) is 4.72 Å². The van der Waals surface area contributed by atoms with Crippen molar-refractivity contribution in [2.24, 2.45) is 5.92 Å². The second-order valence-electron chi connectivity index (χ2n) is 9.66. The second-order valence-corrected chi connectivity index (χ2v) is 11.4. The first-order chi connectivity index (χ1) is 16.2. The van der Waals surface area contributed by atoms with Gasteiger partial charge in [0.2, 0.25) is 10.0 Å². The van der Waals surface area contributed by atoms with Crippen molar-refractivity contribution < 1.29 is 40.2 Å². The molecule has 0 aliphatic heterocycles. The van der Waals surface area contributed by atoms with Gasteiger partial charge >= 0.3 is 12.1 Å². The van der Waals surface area contributed by atoms with Crippen LogP contribution in [0.3, 0.4) is 0 Å². The highest BCUT2D eigenvalue weighted by Gasteiger charge is 2.36. The molecule has 0 saturated heterocycles. The highest BCUT2D eigenvalue weighted by molar-refractivity contribution is 7.89. The summed E-state index contributed by atoms with van der Waals surface area (Å²) in [5, 5.41) is 0. The molecule has 1 fully saturated rings. The smallest absolute Gasteiger partial charge is 0.416 e. The average Bonchev–Trinajstić information content (AvgIpc) is 2.92. The number of benzene rings is 1. The van der Waals surface area contributed by atoms with E-state index in [4.69, 9.17) is 9.47 Å². The highest BCUT2D eigenvalue weighted by Crippen LogP contribution is 2.38. The van der Waals surface area contributed by atoms with Crippen LogP contribution in [0.25, 0.3) is 0 Å². The zero-order valence-corrected chi connectivity index (χ0v) is 20.6. The summed E-state index contributed by atoms with van der Waals surface area (Å²) in [6.07, 6.45) is 1.61. The highest BCUT2D eigenvalue weighted by atomic mass is 32.2. The van der Waals surface area contributed by atoms with Crippen LogP contribution in [0.2, 0.25) is 0 Å². The minimum absolute atomic E-state index is 0.256. The maximum Gasteiger partial charge on any atom is 0.416 e.